The third-order valence-electron chi connectivity index (χ3n) is 7.63. The molecule has 0 amide bonds. The number of aryl methyl sites for hydroxylation is 6. The minimum Gasteiger partial charge on any atom is -0.505 e. The molecular formula is C37H46F2N6O6. The van der Waals surface area contributed by atoms with Crippen LogP contribution >= 0.6 is 0 Å². The van der Waals surface area contributed by atoms with E-state index in [-0.39, 0.29) is 17.3 Å². The molecule has 3 N–H and O–H groups in total. The Morgan fingerprint density at radius 1 is 0.686 bits per heavy atom. The number of halogens is 2. The molecule has 0 spiro atoms. The van der Waals surface area contributed by atoms with Gasteiger partial charge in [-0.1, -0.05) is 24.3 Å². The summed E-state index contributed by atoms with van der Waals surface area (Å²) in [6, 6.07) is 9.70. The summed E-state index contributed by atoms with van der Waals surface area (Å²) in [5.74, 6) is -0.972. The van der Waals surface area contributed by atoms with Gasteiger partial charge in [-0.25, -0.2) is 38.3 Å². The van der Waals surface area contributed by atoms with E-state index >= 15 is 0 Å². The van der Waals surface area contributed by atoms with Crippen LogP contribution in [0.5, 0.6) is 11.5 Å². The van der Waals surface area contributed by atoms with Gasteiger partial charge in [-0.3, -0.25) is 0 Å². The number of phenols is 1. The van der Waals surface area contributed by atoms with Gasteiger partial charge in [0.05, 0.1) is 43.1 Å². The first-order chi connectivity index (χ1) is 24.4. The predicted octanol–water partition coefficient (Wildman–Crippen LogP) is 6.62. The first-order valence-corrected chi connectivity index (χ1v) is 16.7. The molecule has 0 saturated carbocycles. The summed E-state index contributed by atoms with van der Waals surface area (Å²) in [5, 5.41) is 15.5. The molecule has 0 atom stereocenters. The molecule has 0 aliphatic rings. The second kappa shape index (κ2) is 19.7. The number of anilines is 2. The third kappa shape index (κ3) is 11.3. The molecule has 274 valence electrons. The van der Waals surface area contributed by atoms with Crippen molar-refractivity contribution in [2.45, 2.75) is 67.2 Å². The van der Waals surface area contributed by atoms with E-state index in [9.17, 15) is 23.5 Å². The number of ether oxygens (including phenoxy) is 3. The summed E-state index contributed by atoms with van der Waals surface area (Å²) < 4.78 is 42.8. The van der Waals surface area contributed by atoms with E-state index in [0.29, 0.717) is 109 Å². The number of carbonyl (C=O) groups is 2. The van der Waals surface area contributed by atoms with E-state index in [1.165, 1.54) is 13.2 Å². The number of nitrogens with one attached hydrogen (secondary N) is 2. The van der Waals surface area contributed by atoms with E-state index in [1.807, 2.05) is 0 Å². The SMILES string of the molecule is CCOC(=O)c1c(C)nc(NCCCc2cccc(O)c2F)nc1C.CCOC(=O)c1c(C)nc(NCCCc2cccc(OC)c2F)nc1C. The highest BCUT2D eigenvalue weighted by atomic mass is 19.1. The van der Waals surface area contributed by atoms with Gasteiger partial charge in [0.1, 0.15) is 11.1 Å². The zero-order valence-electron chi connectivity index (χ0n) is 30.2. The molecule has 4 aromatic rings. The lowest BCUT2D eigenvalue weighted by Crippen LogP contribution is -2.15. The van der Waals surface area contributed by atoms with Crippen molar-refractivity contribution in [2.75, 3.05) is 44.0 Å². The van der Waals surface area contributed by atoms with E-state index in [0.717, 1.165) is 0 Å². The van der Waals surface area contributed by atoms with Crippen molar-refractivity contribution in [3.8, 4) is 11.5 Å². The van der Waals surface area contributed by atoms with Crippen LogP contribution in [0, 0.1) is 39.3 Å². The fraction of sp³-hybridized carbons (Fsp3) is 0.405. The second-order valence-electron chi connectivity index (χ2n) is 11.4. The fourth-order valence-corrected chi connectivity index (χ4v) is 5.21. The van der Waals surface area contributed by atoms with Gasteiger partial charge < -0.3 is 30.0 Å². The molecule has 0 saturated heterocycles. The number of nitrogens with zero attached hydrogens (tertiary/aromatic N) is 4. The number of phenolic OH excluding ortho intramolecular Hbond substituents is 1. The third-order valence-corrected chi connectivity index (χ3v) is 7.63. The average molecular weight is 709 g/mol. The van der Waals surface area contributed by atoms with Gasteiger partial charge in [0, 0.05) is 13.1 Å². The molecule has 2 aromatic heterocycles. The number of benzene rings is 2. The highest BCUT2D eigenvalue weighted by molar-refractivity contribution is 5.92. The van der Waals surface area contributed by atoms with Gasteiger partial charge in [-0.2, -0.15) is 0 Å². The molecule has 14 heteroatoms. The maximum atomic E-state index is 14.1. The maximum Gasteiger partial charge on any atom is 0.341 e. The van der Waals surface area contributed by atoms with Crippen LogP contribution in [0.3, 0.4) is 0 Å². The van der Waals surface area contributed by atoms with E-state index < -0.39 is 17.8 Å². The zero-order chi connectivity index (χ0) is 37.5. The topological polar surface area (TPSA) is 158 Å². The van der Waals surface area contributed by atoms with Crippen molar-refractivity contribution in [1.29, 1.82) is 0 Å². The Labute approximate surface area is 297 Å². The molecule has 51 heavy (non-hydrogen) atoms. The van der Waals surface area contributed by atoms with Crippen LogP contribution in [-0.4, -0.2) is 70.4 Å². The number of aromatic nitrogens is 4. The summed E-state index contributed by atoms with van der Waals surface area (Å²) in [6.07, 6.45) is 2.38. The van der Waals surface area contributed by atoms with Gasteiger partial charge in [0.2, 0.25) is 11.9 Å². The lowest BCUT2D eigenvalue weighted by atomic mass is 10.1. The number of rotatable bonds is 15. The van der Waals surface area contributed by atoms with Crippen LogP contribution in [0.4, 0.5) is 20.7 Å². The largest absolute Gasteiger partial charge is 0.505 e. The van der Waals surface area contributed by atoms with Crippen molar-refractivity contribution >= 4 is 23.8 Å². The number of hydrogen-bond acceptors (Lipinski definition) is 12. The number of methoxy groups -OCH3 is 1. The van der Waals surface area contributed by atoms with Crippen molar-refractivity contribution in [3.05, 3.63) is 93.1 Å². The fourth-order valence-electron chi connectivity index (χ4n) is 5.21. The summed E-state index contributed by atoms with van der Waals surface area (Å²) in [5.41, 5.74) is 4.09. The monoisotopic (exact) mass is 708 g/mol. The molecule has 0 unspecified atom stereocenters. The minimum atomic E-state index is -0.579. The molecule has 0 radical (unpaired) electrons. The molecule has 2 aromatic carbocycles. The Kier molecular flexibility index (Phi) is 15.5. The average Bonchev–Trinajstić information content (AvgIpc) is 3.07. The summed E-state index contributed by atoms with van der Waals surface area (Å²) in [7, 11) is 1.45. The van der Waals surface area contributed by atoms with Crippen molar-refractivity contribution in [3.63, 3.8) is 0 Å². The maximum absolute atomic E-state index is 14.1. The van der Waals surface area contributed by atoms with E-state index in [4.69, 9.17) is 14.2 Å². The quantitative estimate of drug-likeness (QED) is 0.0897. The van der Waals surface area contributed by atoms with Crippen molar-refractivity contribution in [1.82, 2.24) is 19.9 Å². The van der Waals surface area contributed by atoms with Gasteiger partial charge >= 0.3 is 11.9 Å². The highest BCUT2D eigenvalue weighted by Crippen LogP contribution is 2.22. The van der Waals surface area contributed by atoms with Crippen LogP contribution in [-0.2, 0) is 22.3 Å². The Balaban J connectivity index is 0.000000276. The predicted molar refractivity (Wildman–Crippen MR) is 190 cm³/mol. The van der Waals surface area contributed by atoms with Crippen LogP contribution in [0.15, 0.2) is 36.4 Å². The van der Waals surface area contributed by atoms with Crippen molar-refractivity contribution < 1.29 is 37.7 Å². The van der Waals surface area contributed by atoms with Gasteiger partial charge in [0.15, 0.2) is 23.1 Å². The molecule has 4 rings (SSSR count). The molecule has 12 nitrogen and oxygen atoms in total. The smallest absolute Gasteiger partial charge is 0.341 e. The molecule has 0 aliphatic heterocycles. The molecule has 0 bridgehead atoms. The molecular weight excluding hydrogens is 662 g/mol. The van der Waals surface area contributed by atoms with Crippen LogP contribution in [0.2, 0.25) is 0 Å². The number of aromatic hydroxyl groups is 1. The van der Waals surface area contributed by atoms with Crippen molar-refractivity contribution in [2.24, 2.45) is 0 Å². The number of carbonyl (C=O) groups excluding carboxylic acids is 2. The number of esters is 2. The normalized spacial score (nSPS) is 10.5. The van der Waals surface area contributed by atoms with Crippen LogP contribution in [0.1, 0.15) is 81.3 Å². The zero-order valence-corrected chi connectivity index (χ0v) is 30.2. The van der Waals surface area contributed by atoms with Gasteiger partial charge in [-0.05, 0) is 90.5 Å². The molecule has 0 fully saturated rings. The van der Waals surface area contributed by atoms with Gasteiger partial charge in [-0.15, -0.1) is 0 Å². The van der Waals surface area contributed by atoms with E-state index in [2.05, 4.69) is 30.6 Å². The Hall–Kier alpha value is -5.40. The van der Waals surface area contributed by atoms with E-state index in [1.54, 1.807) is 71.9 Å². The first kappa shape index (κ1) is 40.0. The number of hydrogen-bond donors (Lipinski definition) is 3. The summed E-state index contributed by atoms with van der Waals surface area (Å²) >= 11 is 0. The lowest BCUT2D eigenvalue weighted by Gasteiger charge is -2.11. The Morgan fingerprint density at radius 2 is 1.10 bits per heavy atom. The summed E-state index contributed by atoms with van der Waals surface area (Å²) in [6.45, 7) is 12.2. The van der Waals surface area contributed by atoms with Crippen LogP contribution < -0.4 is 15.4 Å². The Morgan fingerprint density at radius 3 is 1.51 bits per heavy atom. The van der Waals surface area contributed by atoms with Crippen LogP contribution in [0.25, 0.3) is 0 Å². The standard InChI is InChI=1S/C19H24FN3O3.C18H22FN3O3/c1-5-26-18(24)16-12(2)22-19(23-13(16)3)21-11-7-9-14-8-6-10-15(25-4)17(14)20;1-4-25-17(24)15-11(2)21-18(22-12(15)3)20-10-6-8-13-7-5-9-14(23)16(13)19/h6,8,10H,5,7,9,11H2,1-4H3,(H,21,22,23);5,7,9,23H,4,6,8,10H2,1-3H3,(H,20,21,22). The molecule has 2 heterocycles. The second-order valence-corrected chi connectivity index (χ2v) is 11.4. The summed E-state index contributed by atoms with van der Waals surface area (Å²) in [4.78, 5) is 41.0. The van der Waals surface area contributed by atoms with Gasteiger partial charge in [0.25, 0.3) is 0 Å². The lowest BCUT2D eigenvalue weighted by molar-refractivity contribution is 0.0513. The Bertz CT molecular complexity index is 1760. The molecule has 0 aliphatic carbocycles. The first-order valence-electron chi connectivity index (χ1n) is 16.7. The minimum absolute atomic E-state index is 0.250. The highest BCUT2D eigenvalue weighted by Gasteiger charge is 2.18.